The van der Waals surface area contributed by atoms with Gasteiger partial charge < -0.3 is 4.42 Å². The van der Waals surface area contributed by atoms with Crippen molar-refractivity contribution in [2.75, 3.05) is 5.88 Å². The van der Waals surface area contributed by atoms with Gasteiger partial charge in [0.05, 0.1) is 12.0 Å². The van der Waals surface area contributed by atoms with Crippen molar-refractivity contribution in [2.24, 2.45) is 0 Å². The minimum atomic E-state index is 0.626. The van der Waals surface area contributed by atoms with E-state index in [-0.39, 0.29) is 0 Å². The molecule has 0 fully saturated rings. The summed E-state index contributed by atoms with van der Waals surface area (Å²) in [5.74, 6) is 1.54. The van der Waals surface area contributed by atoms with Gasteiger partial charge in [-0.05, 0) is 25.0 Å². The fourth-order valence-corrected chi connectivity index (χ4v) is 1.47. The zero-order valence-electron chi connectivity index (χ0n) is 8.27. The SMILES string of the molecule is ClCCCc1cn(Cc2ccco2)nn1. The lowest BCUT2D eigenvalue weighted by molar-refractivity contribution is 0.475. The van der Waals surface area contributed by atoms with Crippen molar-refractivity contribution < 1.29 is 4.42 Å². The largest absolute Gasteiger partial charge is 0.467 e. The van der Waals surface area contributed by atoms with Crippen LogP contribution in [0.15, 0.2) is 29.0 Å². The van der Waals surface area contributed by atoms with Crippen LogP contribution in [0.5, 0.6) is 0 Å². The quantitative estimate of drug-likeness (QED) is 0.732. The molecule has 0 spiro atoms. The van der Waals surface area contributed by atoms with Gasteiger partial charge in [-0.2, -0.15) is 0 Å². The Morgan fingerprint density at radius 3 is 3.13 bits per heavy atom. The molecule has 0 amide bonds. The highest BCUT2D eigenvalue weighted by Crippen LogP contribution is 2.04. The predicted octanol–water partition coefficient (Wildman–Crippen LogP) is 2.09. The smallest absolute Gasteiger partial charge is 0.125 e. The minimum absolute atomic E-state index is 0.626. The summed E-state index contributed by atoms with van der Waals surface area (Å²) in [7, 11) is 0. The van der Waals surface area contributed by atoms with Crippen molar-refractivity contribution in [1.29, 1.82) is 0 Å². The zero-order valence-corrected chi connectivity index (χ0v) is 9.02. The summed E-state index contributed by atoms with van der Waals surface area (Å²) in [6, 6.07) is 3.78. The van der Waals surface area contributed by atoms with E-state index in [2.05, 4.69) is 10.3 Å². The van der Waals surface area contributed by atoms with Crippen LogP contribution in [-0.4, -0.2) is 20.9 Å². The van der Waals surface area contributed by atoms with Gasteiger partial charge in [-0.1, -0.05) is 5.21 Å². The van der Waals surface area contributed by atoms with E-state index in [1.165, 1.54) is 0 Å². The Bertz CT molecular complexity index is 396. The van der Waals surface area contributed by atoms with Gasteiger partial charge in [0.25, 0.3) is 0 Å². The Morgan fingerprint density at radius 1 is 1.47 bits per heavy atom. The Hall–Kier alpha value is -1.29. The minimum Gasteiger partial charge on any atom is -0.467 e. The van der Waals surface area contributed by atoms with Crippen molar-refractivity contribution in [1.82, 2.24) is 15.0 Å². The molecule has 80 valence electrons. The Morgan fingerprint density at radius 2 is 2.40 bits per heavy atom. The summed E-state index contributed by atoms with van der Waals surface area (Å²) in [5, 5.41) is 8.05. The molecule has 0 saturated carbocycles. The number of rotatable bonds is 5. The second-order valence-electron chi connectivity index (χ2n) is 3.28. The maximum absolute atomic E-state index is 5.60. The normalized spacial score (nSPS) is 10.7. The zero-order chi connectivity index (χ0) is 10.5. The molecule has 2 heterocycles. The van der Waals surface area contributed by atoms with Crippen LogP contribution in [0.25, 0.3) is 0 Å². The second kappa shape index (κ2) is 4.98. The first-order valence-electron chi connectivity index (χ1n) is 4.86. The third-order valence-corrected chi connectivity index (χ3v) is 2.32. The first-order valence-corrected chi connectivity index (χ1v) is 5.39. The van der Waals surface area contributed by atoms with Crippen LogP contribution in [0.3, 0.4) is 0 Å². The molecule has 2 rings (SSSR count). The maximum Gasteiger partial charge on any atom is 0.125 e. The standard InChI is InChI=1S/C10H12ClN3O/c11-5-1-3-9-7-14(13-12-9)8-10-4-2-6-15-10/h2,4,6-7H,1,3,5,8H2. The first kappa shape index (κ1) is 10.2. The van der Waals surface area contributed by atoms with Crippen molar-refractivity contribution >= 4 is 11.6 Å². The van der Waals surface area contributed by atoms with E-state index >= 15 is 0 Å². The predicted molar refractivity (Wildman–Crippen MR) is 56.9 cm³/mol. The van der Waals surface area contributed by atoms with Crippen LogP contribution in [-0.2, 0) is 13.0 Å². The molecule has 2 aromatic rings. The van der Waals surface area contributed by atoms with Crippen molar-refractivity contribution in [2.45, 2.75) is 19.4 Å². The summed E-state index contributed by atoms with van der Waals surface area (Å²) in [6.45, 7) is 0.626. The Kier molecular flexibility index (Phi) is 3.40. The van der Waals surface area contributed by atoms with Gasteiger partial charge in [0, 0.05) is 12.1 Å². The lowest BCUT2D eigenvalue weighted by Gasteiger charge is -1.94. The van der Waals surface area contributed by atoms with E-state index in [4.69, 9.17) is 16.0 Å². The molecular weight excluding hydrogens is 214 g/mol. The number of alkyl halides is 1. The van der Waals surface area contributed by atoms with E-state index in [9.17, 15) is 0 Å². The number of hydrogen-bond acceptors (Lipinski definition) is 3. The third-order valence-electron chi connectivity index (χ3n) is 2.05. The molecule has 0 aromatic carbocycles. The molecule has 0 bridgehead atoms. The monoisotopic (exact) mass is 225 g/mol. The first-order chi connectivity index (χ1) is 7.38. The molecule has 4 nitrogen and oxygen atoms in total. The molecule has 15 heavy (non-hydrogen) atoms. The molecule has 0 atom stereocenters. The molecule has 0 radical (unpaired) electrons. The molecular formula is C10H12ClN3O. The van der Waals surface area contributed by atoms with Crippen molar-refractivity contribution in [3.63, 3.8) is 0 Å². The third kappa shape index (κ3) is 2.83. The molecule has 0 aliphatic carbocycles. The molecule has 0 aliphatic rings. The lowest BCUT2D eigenvalue weighted by Crippen LogP contribution is -1.98. The summed E-state index contributed by atoms with van der Waals surface area (Å²) in [4.78, 5) is 0. The number of hydrogen-bond donors (Lipinski definition) is 0. The topological polar surface area (TPSA) is 43.9 Å². The summed E-state index contributed by atoms with van der Waals surface area (Å²) in [5.41, 5.74) is 0.974. The fourth-order valence-electron chi connectivity index (χ4n) is 1.34. The van der Waals surface area contributed by atoms with E-state index in [0.717, 1.165) is 24.3 Å². The Balaban J connectivity index is 1.95. The van der Waals surface area contributed by atoms with Crippen molar-refractivity contribution in [3.05, 3.63) is 36.0 Å². The van der Waals surface area contributed by atoms with Crippen LogP contribution in [0, 0.1) is 0 Å². The summed E-state index contributed by atoms with van der Waals surface area (Å²) in [6.07, 6.45) is 5.39. The van der Waals surface area contributed by atoms with Crippen LogP contribution in [0.4, 0.5) is 0 Å². The van der Waals surface area contributed by atoms with Gasteiger partial charge in [0.1, 0.15) is 12.3 Å². The van der Waals surface area contributed by atoms with Gasteiger partial charge in [-0.15, -0.1) is 16.7 Å². The number of aromatic nitrogens is 3. The highest BCUT2D eigenvalue weighted by atomic mass is 35.5. The second-order valence-corrected chi connectivity index (χ2v) is 3.66. The van der Waals surface area contributed by atoms with Gasteiger partial charge >= 0.3 is 0 Å². The molecule has 0 saturated heterocycles. The van der Waals surface area contributed by atoms with Gasteiger partial charge in [0.2, 0.25) is 0 Å². The molecule has 0 aliphatic heterocycles. The van der Waals surface area contributed by atoms with Crippen molar-refractivity contribution in [3.8, 4) is 0 Å². The molecule has 5 heteroatoms. The maximum atomic E-state index is 5.60. The average molecular weight is 226 g/mol. The lowest BCUT2D eigenvalue weighted by atomic mass is 10.3. The number of halogens is 1. The molecule has 0 unspecified atom stereocenters. The van der Waals surface area contributed by atoms with Gasteiger partial charge in [-0.25, -0.2) is 4.68 Å². The van der Waals surface area contributed by atoms with E-state index in [1.807, 2.05) is 18.3 Å². The van der Waals surface area contributed by atoms with Crippen LogP contribution in [0.1, 0.15) is 17.9 Å². The van der Waals surface area contributed by atoms with E-state index in [0.29, 0.717) is 12.4 Å². The summed E-state index contributed by atoms with van der Waals surface area (Å²) >= 11 is 5.60. The highest BCUT2D eigenvalue weighted by Gasteiger charge is 2.02. The van der Waals surface area contributed by atoms with Crippen LogP contribution in [0.2, 0.25) is 0 Å². The van der Waals surface area contributed by atoms with Gasteiger partial charge in [0.15, 0.2) is 0 Å². The molecule has 2 aromatic heterocycles. The number of aryl methyl sites for hydroxylation is 1. The van der Waals surface area contributed by atoms with E-state index in [1.54, 1.807) is 10.9 Å². The molecule has 0 N–H and O–H groups in total. The number of nitrogens with zero attached hydrogens (tertiary/aromatic N) is 3. The Labute approximate surface area is 92.8 Å². The van der Waals surface area contributed by atoms with E-state index < -0.39 is 0 Å². The number of furan rings is 1. The fraction of sp³-hybridized carbons (Fsp3) is 0.400. The highest BCUT2D eigenvalue weighted by molar-refractivity contribution is 6.17. The average Bonchev–Trinajstić information content (AvgIpc) is 2.87. The van der Waals surface area contributed by atoms with Crippen LogP contribution < -0.4 is 0 Å². The summed E-state index contributed by atoms with van der Waals surface area (Å²) < 4.78 is 6.98. The van der Waals surface area contributed by atoms with Gasteiger partial charge in [-0.3, -0.25) is 0 Å². The van der Waals surface area contributed by atoms with Crippen LogP contribution >= 0.6 is 11.6 Å².